The summed E-state index contributed by atoms with van der Waals surface area (Å²) in [7, 11) is 1.40. The first-order valence-corrected chi connectivity index (χ1v) is 9.38. The first kappa shape index (κ1) is 19.1. The number of rotatable bonds is 8. The Kier molecular flexibility index (Phi) is 6.60. The Hall–Kier alpha value is -2.66. The molecular formula is C22H26N2O3. The van der Waals surface area contributed by atoms with Gasteiger partial charge < -0.3 is 9.64 Å². The maximum Gasteiger partial charge on any atom is 0.306 e. The van der Waals surface area contributed by atoms with Crippen LogP contribution in [0.15, 0.2) is 54.6 Å². The van der Waals surface area contributed by atoms with E-state index in [4.69, 9.17) is 4.74 Å². The molecule has 0 saturated carbocycles. The second-order valence-corrected chi connectivity index (χ2v) is 6.76. The van der Waals surface area contributed by atoms with E-state index in [-0.39, 0.29) is 11.9 Å². The fourth-order valence-electron chi connectivity index (χ4n) is 3.45. The van der Waals surface area contributed by atoms with Crippen LogP contribution in [0.3, 0.4) is 0 Å². The number of hydrogen-bond acceptors (Lipinski definition) is 4. The van der Waals surface area contributed by atoms with E-state index in [1.807, 2.05) is 41.3 Å². The average molecular weight is 366 g/mol. The Labute approximate surface area is 160 Å². The van der Waals surface area contributed by atoms with Crippen LogP contribution in [0.2, 0.25) is 0 Å². The van der Waals surface area contributed by atoms with E-state index in [1.54, 1.807) is 0 Å². The number of amides is 1. The molecule has 0 atom stereocenters. The number of benzene rings is 2. The molecule has 1 amide bonds. The van der Waals surface area contributed by atoms with Gasteiger partial charge in [-0.2, -0.15) is 0 Å². The van der Waals surface area contributed by atoms with Crippen molar-refractivity contribution in [3.8, 4) is 0 Å². The van der Waals surface area contributed by atoms with Crippen molar-refractivity contribution in [3.05, 3.63) is 65.7 Å². The normalized spacial score (nSPS) is 12.9. The molecule has 0 fully saturated rings. The van der Waals surface area contributed by atoms with Gasteiger partial charge in [-0.05, 0) is 23.6 Å². The second-order valence-electron chi connectivity index (χ2n) is 6.76. The van der Waals surface area contributed by atoms with Crippen LogP contribution in [0.5, 0.6) is 0 Å². The highest BCUT2D eigenvalue weighted by atomic mass is 16.5. The summed E-state index contributed by atoms with van der Waals surface area (Å²) in [6, 6.07) is 18.2. The summed E-state index contributed by atoms with van der Waals surface area (Å²) in [5.74, 6) is -0.0936. The Morgan fingerprint density at radius 3 is 2.48 bits per heavy atom. The predicted octanol–water partition coefficient (Wildman–Crippen LogP) is 3.03. The maximum absolute atomic E-state index is 12.8. The molecule has 0 radical (unpaired) electrons. The molecule has 0 spiro atoms. The number of carbonyl (C=O) groups excluding carboxylic acids is 2. The minimum Gasteiger partial charge on any atom is -0.469 e. The zero-order chi connectivity index (χ0) is 19.1. The summed E-state index contributed by atoms with van der Waals surface area (Å²) in [5, 5.41) is 0. The number of methoxy groups -OCH3 is 1. The minimum atomic E-state index is -0.229. The fourth-order valence-corrected chi connectivity index (χ4v) is 3.45. The Morgan fingerprint density at radius 2 is 1.70 bits per heavy atom. The van der Waals surface area contributed by atoms with Gasteiger partial charge in [-0.15, -0.1) is 0 Å². The smallest absolute Gasteiger partial charge is 0.306 e. The van der Waals surface area contributed by atoms with Crippen LogP contribution >= 0.6 is 0 Å². The number of ether oxygens (including phenoxy) is 1. The molecule has 5 nitrogen and oxygen atoms in total. The lowest BCUT2D eigenvalue weighted by Gasteiger charge is -2.24. The number of carbonyl (C=O) groups is 2. The third-order valence-corrected chi connectivity index (χ3v) is 4.94. The molecular weight excluding hydrogens is 340 g/mol. The van der Waals surface area contributed by atoms with Crippen molar-refractivity contribution >= 4 is 17.6 Å². The van der Waals surface area contributed by atoms with Crippen molar-refractivity contribution in [3.63, 3.8) is 0 Å². The van der Waals surface area contributed by atoms with E-state index in [0.717, 1.165) is 18.7 Å². The highest BCUT2D eigenvalue weighted by molar-refractivity contribution is 5.95. The van der Waals surface area contributed by atoms with E-state index >= 15 is 0 Å². The molecule has 0 aliphatic carbocycles. The lowest BCUT2D eigenvalue weighted by molar-refractivity contribution is -0.141. The molecule has 2 aromatic rings. The third kappa shape index (κ3) is 5.17. The molecule has 27 heavy (non-hydrogen) atoms. The van der Waals surface area contributed by atoms with Crippen LogP contribution in [0.1, 0.15) is 24.0 Å². The van der Waals surface area contributed by atoms with Crippen molar-refractivity contribution in [2.45, 2.75) is 25.8 Å². The van der Waals surface area contributed by atoms with Crippen molar-refractivity contribution < 1.29 is 14.3 Å². The Morgan fingerprint density at radius 1 is 1.00 bits per heavy atom. The minimum absolute atomic E-state index is 0.135. The molecule has 0 N–H and O–H groups in total. The highest BCUT2D eigenvalue weighted by Gasteiger charge is 2.24. The molecule has 0 aromatic heterocycles. The molecule has 2 aromatic carbocycles. The van der Waals surface area contributed by atoms with Gasteiger partial charge in [0.15, 0.2) is 0 Å². The van der Waals surface area contributed by atoms with Gasteiger partial charge >= 0.3 is 5.97 Å². The van der Waals surface area contributed by atoms with E-state index < -0.39 is 0 Å². The summed E-state index contributed by atoms with van der Waals surface area (Å²) >= 11 is 0. The van der Waals surface area contributed by atoms with Gasteiger partial charge in [-0.25, -0.2) is 0 Å². The monoisotopic (exact) mass is 366 g/mol. The van der Waals surface area contributed by atoms with Crippen LogP contribution in [0, 0.1) is 0 Å². The summed E-state index contributed by atoms with van der Waals surface area (Å²) in [4.78, 5) is 28.3. The van der Waals surface area contributed by atoms with Crippen LogP contribution < -0.4 is 4.90 Å². The van der Waals surface area contributed by atoms with Gasteiger partial charge in [0.2, 0.25) is 5.91 Å². The fraction of sp³-hybridized carbons (Fsp3) is 0.364. The zero-order valence-electron chi connectivity index (χ0n) is 15.8. The first-order valence-electron chi connectivity index (χ1n) is 9.38. The van der Waals surface area contributed by atoms with Gasteiger partial charge in [0.1, 0.15) is 0 Å². The summed E-state index contributed by atoms with van der Waals surface area (Å²) in [5.41, 5.74) is 3.44. The molecule has 1 aliphatic heterocycles. The molecule has 3 rings (SSSR count). The SMILES string of the molecule is COC(=O)CCN(CCC(=O)N1CCc2ccccc21)Cc1ccccc1. The number of nitrogens with zero attached hydrogens (tertiary/aromatic N) is 2. The average Bonchev–Trinajstić information content (AvgIpc) is 3.14. The topological polar surface area (TPSA) is 49.9 Å². The molecule has 142 valence electrons. The van der Waals surface area contributed by atoms with Crippen molar-refractivity contribution in [1.82, 2.24) is 4.90 Å². The van der Waals surface area contributed by atoms with Crippen LogP contribution in [0.4, 0.5) is 5.69 Å². The summed E-state index contributed by atoms with van der Waals surface area (Å²) < 4.78 is 4.76. The summed E-state index contributed by atoms with van der Waals surface area (Å²) in [6.07, 6.45) is 1.67. The number of fused-ring (bicyclic) bond motifs is 1. The third-order valence-electron chi connectivity index (χ3n) is 4.94. The molecule has 1 aliphatic rings. The van der Waals surface area contributed by atoms with Crippen molar-refractivity contribution in [2.24, 2.45) is 0 Å². The molecule has 0 unspecified atom stereocenters. The predicted molar refractivity (Wildman–Crippen MR) is 105 cm³/mol. The van der Waals surface area contributed by atoms with Crippen molar-refractivity contribution in [1.29, 1.82) is 0 Å². The van der Waals surface area contributed by atoms with Gasteiger partial charge in [-0.1, -0.05) is 48.5 Å². The van der Waals surface area contributed by atoms with Gasteiger partial charge in [0.25, 0.3) is 0 Å². The quantitative estimate of drug-likeness (QED) is 0.674. The number of anilines is 1. The lowest BCUT2D eigenvalue weighted by atomic mass is 10.2. The number of hydrogen-bond donors (Lipinski definition) is 0. The largest absolute Gasteiger partial charge is 0.469 e. The molecule has 1 heterocycles. The van der Waals surface area contributed by atoms with Crippen LogP contribution in [0.25, 0.3) is 0 Å². The van der Waals surface area contributed by atoms with Gasteiger partial charge in [0, 0.05) is 38.3 Å². The Balaban J connectivity index is 1.59. The number of para-hydroxylation sites is 1. The molecule has 0 saturated heterocycles. The van der Waals surface area contributed by atoms with E-state index in [2.05, 4.69) is 23.1 Å². The molecule has 5 heteroatoms. The summed E-state index contributed by atoms with van der Waals surface area (Å²) in [6.45, 7) is 2.65. The van der Waals surface area contributed by atoms with Crippen LogP contribution in [-0.2, 0) is 27.3 Å². The second kappa shape index (κ2) is 9.33. The van der Waals surface area contributed by atoms with E-state index in [0.29, 0.717) is 32.5 Å². The van der Waals surface area contributed by atoms with Crippen molar-refractivity contribution in [2.75, 3.05) is 31.6 Å². The lowest BCUT2D eigenvalue weighted by Crippen LogP contribution is -2.34. The standard InChI is InChI=1S/C22H26N2O3/c1-27-22(26)13-15-23(17-18-7-3-2-4-8-18)14-12-21(25)24-16-11-19-9-5-6-10-20(19)24/h2-10H,11-17H2,1H3. The maximum atomic E-state index is 12.8. The van der Waals surface area contributed by atoms with Crippen LogP contribution in [-0.4, -0.2) is 43.5 Å². The van der Waals surface area contributed by atoms with E-state index in [1.165, 1.54) is 18.2 Å². The van der Waals surface area contributed by atoms with E-state index in [9.17, 15) is 9.59 Å². The molecule has 0 bridgehead atoms. The Bertz CT molecular complexity index is 776. The van der Waals surface area contributed by atoms with Gasteiger partial charge in [0.05, 0.1) is 13.5 Å². The zero-order valence-corrected chi connectivity index (χ0v) is 15.8. The number of esters is 1. The first-order chi connectivity index (χ1) is 13.2. The highest BCUT2D eigenvalue weighted by Crippen LogP contribution is 2.27. The van der Waals surface area contributed by atoms with Gasteiger partial charge in [-0.3, -0.25) is 14.5 Å².